The first kappa shape index (κ1) is 8.26. The Balaban J connectivity index is 3.83. The van der Waals surface area contributed by atoms with Gasteiger partial charge in [-0.05, 0) is 0 Å². The zero-order valence-corrected chi connectivity index (χ0v) is 9.14. The summed E-state index contributed by atoms with van der Waals surface area (Å²) < 4.78 is -0.237. The fourth-order valence-corrected chi connectivity index (χ4v) is 0.286. The van der Waals surface area contributed by atoms with Crippen LogP contribution in [0.3, 0.4) is 0 Å². The number of rotatable bonds is 2. The van der Waals surface area contributed by atoms with Gasteiger partial charge in [0.1, 0.15) is 0 Å². The van der Waals surface area contributed by atoms with Gasteiger partial charge >= 0.3 is 64.2 Å². The monoisotopic (exact) mass is 213 g/mol. The van der Waals surface area contributed by atoms with Crippen LogP contribution in [0.4, 0.5) is 0 Å². The molecule has 0 rings (SSSR count). The Labute approximate surface area is 64.3 Å². The molecule has 0 heterocycles. The molecule has 0 saturated heterocycles. The van der Waals surface area contributed by atoms with Gasteiger partial charge in [0.15, 0.2) is 0 Å². The Morgan fingerprint density at radius 3 is 1.50 bits per heavy atom. The van der Waals surface area contributed by atoms with Crippen molar-refractivity contribution < 1.29 is 35.4 Å². The van der Waals surface area contributed by atoms with Crippen LogP contribution in [0.25, 0.3) is 0 Å². The molecule has 3 heteroatoms. The summed E-state index contributed by atoms with van der Waals surface area (Å²) in [7, 11) is 0. The Hall–Kier alpha value is 0.262. The zero-order valence-electron chi connectivity index (χ0n) is 5.10. The second-order valence-corrected chi connectivity index (χ2v) is 4.10. The molecule has 0 aromatic carbocycles. The fraction of sp³-hybridized carbons (Fsp3) is 0.600. The van der Waals surface area contributed by atoms with Crippen LogP contribution in [0.2, 0.25) is 3.48 Å². The average Bonchev–Trinajstić information content (AvgIpc) is 1.64. The van der Waals surface area contributed by atoms with Crippen LogP contribution < -0.4 is 0 Å². The first-order valence-corrected chi connectivity index (χ1v) is 4.72. The van der Waals surface area contributed by atoms with Crippen molar-refractivity contribution in [2.24, 2.45) is 0 Å². The van der Waals surface area contributed by atoms with Gasteiger partial charge in [-0.3, -0.25) is 0 Å². The normalized spacial score (nSPS) is 9.62. The number of carbonyl (C=O) groups is 2. The second-order valence-electron chi connectivity index (χ2n) is 1.77. The van der Waals surface area contributed by atoms with E-state index in [9.17, 15) is 9.59 Å². The predicted molar refractivity (Wildman–Crippen MR) is 25.1 cm³/mol. The van der Waals surface area contributed by atoms with Gasteiger partial charge < -0.3 is 0 Å². The Kier molecular flexibility index (Phi) is 3.43. The standard InChI is InChI=1S/C5H7O2.Cd/c1-4(6)3-5(2)7;/h3H,1-2H3;. The molecule has 0 N–H and O–H groups in total. The van der Waals surface area contributed by atoms with Crippen molar-refractivity contribution in [2.45, 2.75) is 17.3 Å². The van der Waals surface area contributed by atoms with Crippen LogP contribution in [-0.2, 0) is 35.4 Å². The first-order valence-electron chi connectivity index (χ1n) is 2.39. The van der Waals surface area contributed by atoms with Crippen molar-refractivity contribution in [2.75, 3.05) is 0 Å². The molecule has 2 nitrogen and oxygen atoms in total. The van der Waals surface area contributed by atoms with Crippen molar-refractivity contribution in [3.05, 3.63) is 0 Å². The molecule has 8 heavy (non-hydrogen) atoms. The van der Waals surface area contributed by atoms with Crippen LogP contribution in [0, 0.1) is 0 Å². The summed E-state index contributed by atoms with van der Waals surface area (Å²) >= 11 is 0.445. The second kappa shape index (κ2) is 3.32. The Morgan fingerprint density at radius 1 is 1.25 bits per heavy atom. The molecule has 0 aliphatic carbocycles. The van der Waals surface area contributed by atoms with E-state index in [0.29, 0.717) is 25.8 Å². The van der Waals surface area contributed by atoms with Gasteiger partial charge in [0.05, 0.1) is 0 Å². The summed E-state index contributed by atoms with van der Waals surface area (Å²) in [5, 5.41) is 0. The third-order valence-corrected chi connectivity index (χ3v) is 4.26. The van der Waals surface area contributed by atoms with E-state index < -0.39 is 0 Å². The van der Waals surface area contributed by atoms with E-state index in [0.717, 1.165) is 0 Å². The van der Waals surface area contributed by atoms with Gasteiger partial charge in [0.25, 0.3) is 0 Å². The molecule has 0 spiro atoms. The van der Waals surface area contributed by atoms with Crippen molar-refractivity contribution in [3.8, 4) is 0 Å². The third kappa shape index (κ3) is 2.54. The van der Waals surface area contributed by atoms with Gasteiger partial charge in [-0.2, -0.15) is 0 Å². The quantitative estimate of drug-likeness (QED) is 0.492. The van der Waals surface area contributed by atoms with E-state index >= 15 is 0 Å². The summed E-state index contributed by atoms with van der Waals surface area (Å²) in [5.41, 5.74) is 0. The van der Waals surface area contributed by atoms with Crippen LogP contribution in [0.1, 0.15) is 13.8 Å². The number of hydrogen-bond donors (Lipinski definition) is 0. The van der Waals surface area contributed by atoms with Crippen molar-refractivity contribution in [1.29, 1.82) is 0 Å². The number of hydrogen-bond acceptors (Lipinski definition) is 2. The molecular formula is C5H7CdO2. The molecule has 0 saturated carbocycles. The van der Waals surface area contributed by atoms with Crippen LogP contribution in [-0.4, -0.2) is 11.6 Å². The number of ketones is 2. The van der Waals surface area contributed by atoms with E-state index in [1.165, 1.54) is 13.8 Å². The molecule has 0 aliphatic rings. The van der Waals surface area contributed by atoms with Crippen molar-refractivity contribution in [1.82, 2.24) is 0 Å². The molecule has 0 bridgehead atoms. The molecule has 0 aromatic rings. The predicted octanol–water partition coefficient (Wildman–Crippen LogP) is 0.500. The van der Waals surface area contributed by atoms with E-state index in [1.807, 2.05) is 0 Å². The average molecular weight is 212 g/mol. The summed E-state index contributed by atoms with van der Waals surface area (Å²) in [5.74, 6) is 0.0354. The molecule has 0 unspecified atom stereocenters. The summed E-state index contributed by atoms with van der Waals surface area (Å²) in [6.45, 7) is 2.93. The van der Waals surface area contributed by atoms with Gasteiger partial charge in [-0.25, -0.2) is 0 Å². The molecular weight excluding hydrogens is 204 g/mol. The van der Waals surface area contributed by atoms with Crippen molar-refractivity contribution >= 4 is 11.6 Å². The molecule has 41 valence electrons. The first-order chi connectivity index (χ1) is 3.55. The molecule has 0 radical (unpaired) electrons. The number of carbonyl (C=O) groups excluding carboxylic acids is 2. The van der Waals surface area contributed by atoms with Gasteiger partial charge in [0.2, 0.25) is 0 Å². The van der Waals surface area contributed by atoms with Gasteiger partial charge in [-0.15, -0.1) is 0 Å². The molecule has 0 amide bonds. The summed E-state index contributed by atoms with van der Waals surface area (Å²) in [4.78, 5) is 20.8. The topological polar surface area (TPSA) is 34.1 Å². The SMILES string of the molecule is CC(=O)[CH]([Cd])C(C)=O. The molecule has 0 atom stereocenters. The third-order valence-electron chi connectivity index (χ3n) is 0.981. The summed E-state index contributed by atoms with van der Waals surface area (Å²) in [6, 6.07) is 0. The minimum atomic E-state index is -0.237. The Morgan fingerprint density at radius 2 is 1.50 bits per heavy atom. The van der Waals surface area contributed by atoms with Gasteiger partial charge in [-0.1, -0.05) is 0 Å². The molecule has 0 aromatic heterocycles. The zero-order chi connectivity index (χ0) is 6.73. The van der Waals surface area contributed by atoms with Crippen LogP contribution >= 0.6 is 0 Å². The van der Waals surface area contributed by atoms with Crippen LogP contribution in [0.15, 0.2) is 0 Å². The number of Topliss-reactive ketones (excluding diaryl/α,β-unsaturated/α-hetero) is 2. The van der Waals surface area contributed by atoms with Crippen molar-refractivity contribution in [3.63, 3.8) is 0 Å². The minimum absolute atomic E-state index is 0.0177. The van der Waals surface area contributed by atoms with Crippen LogP contribution in [0.5, 0.6) is 0 Å². The van der Waals surface area contributed by atoms with Gasteiger partial charge in [0, 0.05) is 0 Å². The maximum atomic E-state index is 10.4. The fourth-order valence-electron chi connectivity index (χ4n) is 0.286. The molecule has 0 fully saturated rings. The maximum absolute atomic E-state index is 10.4. The molecule has 0 aliphatic heterocycles. The Bertz CT molecular complexity index is 106. The van der Waals surface area contributed by atoms with E-state index in [4.69, 9.17) is 0 Å². The van der Waals surface area contributed by atoms with E-state index in [-0.39, 0.29) is 15.0 Å². The van der Waals surface area contributed by atoms with E-state index in [1.54, 1.807) is 0 Å². The van der Waals surface area contributed by atoms with E-state index in [2.05, 4.69) is 0 Å². The summed E-state index contributed by atoms with van der Waals surface area (Å²) in [6.07, 6.45) is 0.